The summed E-state index contributed by atoms with van der Waals surface area (Å²) in [5, 5.41) is 31.9. The van der Waals surface area contributed by atoms with Gasteiger partial charge in [-0.1, -0.05) is 41.5 Å². The molecule has 3 fully saturated rings. The van der Waals surface area contributed by atoms with E-state index in [0.717, 1.165) is 51.4 Å². The highest BCUT2D eigenvalue weighted by molar-refractivity contribution is 4.98. The van der Waals surface area contributed by atoms with E-state index in [9.17, 15) is 15.3 Å². The van der Waals surface area contributed by atoms with Crippen molar-refractivity contribution in [2.45, 2.75) is 118 Å². The van der Waals surface area contributed by atoms with Crippen LogP contribution >= 0.6 is 0 Å². The molecule has 0 radical (unpaired) electrons. The summed E-state index contributed by atoms with van der Waals surface area (Å²) in [5.74, 6) is 4.59. The van der Waals surface area contributed by atoms with Gasteiger partial charge in [0.05, 0.1) is 18.3 Å². The van der Waals surface area contributed by atoms with E-state index in [1.165, 1.54) is 6.42 Å². The minimum Gasteiger partial charge on any atom is -0.393 e. The van der Waals surface area contributed by atoms with E-state index in [1.807, 2.05) is 0 Å². The van der Waals surface area contributed by atoms with Crippen molar-refractivity contribution in [2.75, 3.05) is 0 Å². The molecular formula is C27H50O3. The molecule has 10 unspecified atom stereocenters. The van der Waals surface area contributed by atoms with Crippen LogP contribution in [0.25, 0.3) is 0 Å². The molecule has 0 aromatic rings. The van der Waals surface area contributed by atoms with E-state index in [1.54, 1.807) is 0 Å². The molecule has 0 bridgehead atoms. The number of aliphatic hydroxyl groups is 3. The molecule has 0 saturated heterocycles. The van der Waals surface area contributed by atoms with Gasteiger partial charge in [-0.05, 0) is 111 Å². The highest BCUT2D eigenvalue weighted by atomic mass is 16.3. The van der Waals surface area contributed by atoms with Crippen LogP contribution < -0.4 is 0 Å². The monoisotopic (exact) mass is 422 g/mol. The van der Waals surface area contributed by atoms with Gasteiger partial charge in [0, 0.05) is 0 Å². The lowest BCUT2D eigenvalue weighted by atomic mass is 9.53. The van der Waals surface area contributed by atoms with Gasteiger partial charge < -0.3 is 15.3 Å². The van der Waals surface area contributed by atoms with Crippen molar-refractivity contribution >= 4 is 0 Å². The van der Waals surface area contributed by atoms with Crippen LogP contribution in [0.3, 0.4) is 0 Å². The van der Waals surface area contributed by atoms with Crippen molar-refractivity contribution in [1.82, 2.24) is 0 Å². The van der Waals surface area contributed by atoms with Crippen LogP contribution in [0, 0.1) is 52.8 Å². The van der Waals surface area contributed by atoms with Gasteiger partial charge in [0.2, 0.25) is 0 Å². The molecule has 0 aliphatic heterocycles. The molecule has 3 nitrogen and oxygen atoms in total. The lowest BCUT2D eigenvalue weighted by molar-refractivity contribution is -0.0807. The van der Waals surface area contributed by atoms with E-state index in [-0.39, 0.29) is 23.7 Å². The average Bonchev–Trinajstić information content (AvgIpc) is 2.58. The predicted octanol–water partition coefficient (Wildman–Crippen LogP) is 5.66. The van der Waals surface area contributed by atoms with Gasteiger partial charge >= 0.3 is 0 Å². The summed E-state index contributed by atoms with van der Waals surface area (Å²) in [6, 6.07) is 0. The van der Waals surface area contributed by atoms with E-state index in [2.05, 4.69) is 41.5 Å². The Balaban J connectivity index is 1.83. The second kappa shape index (κ2) is 9.79. The molecule has 10 atom stereocenters. The molecule has 0 aromatic heterocycles. The topological polar surface area (TPSA) is 60.7 Å². The fraction of sp³-hybridized carbons (Fsp3) is 1.00. The Labute approximate surface area is 186 Å². The Bertz CT molecular complexity index is 529. The Kier molecular flexibility index (Phi) is 8.00. The first-order valence-corrected chi connectivity index (χ1v) is 13.0. The van der Waals surface area contributed by atoms with Gasteiger partial charge in [-0.3, -0.25) is 0 Å². The summed E-state index contributed by atoms with van der Waals surface area (Å²) in [7, 11) is 0. The normalized spacial score (nSPS) is 46.2. The fourth-order valence-electron chi connectivity index (χ4n) is 8.23. The van der Waals surface area contributed by atoms with Crippen LogP contribution in [0.1, 0.15) is 99.3 Å². The molecule has 0 heterocycles. The van der Waals surface area contributed by atoms with Gasteiger partial charge in [0.1, 0.15) is 0 Å². The Morgan fingerprint density at radius 1 is 0.767 bits per heavy atom. The first-order chi connectivity index (χ1) is 14.0. The Morgan fingerprint density at radius 2 is 1.40 bits per heavy atom. The van der Waals surface area contributed by atoms with Gasteiger partial charge in [0.25, 0.3) is 0 Å². The van der Waals surface area contributed by atoms with Crippen LogP contribution in [0.2, 0.25) is 0 Å². The molecule has 3 N–H and O–H groups in total. The molecule has 3 aliphatic carbocycles. The maximum absolute atomic E-state index is 11.0. The Hall–Kier alpha value is -0.120. The third-order valence-corrected chi connectivity index (χ3v) is 9.11. The minimum absolute atomic E-state index is 0.140. The zero-order valence-corrected chi connectivity index (χ0v) is 20.6. The molecule has 0 aromatic carbocycles. The molecule has 3 heteroatoms. The standard InChI is InChI=1S/C27H50O3/c1-16(2)26-19(11-18-9-17(3)10-21(29)12-18)13-22(30)15-24(26)23-14-20(28)7-8-25(23)27(4,5)6/h16-26,28-30H,7-15H2,1-6H3. The van der Waals surface area contributed by atoms with Gasteiger partial charge in [-0.15, -0.1) is 0 Å². The smallest absolute Gasteiger partial charge is 0.0545 e. The first-order valence-electron chi connectivity index (χ1n) is 13.0. The van der Waals surface area contributed by atoms with E-state index in [0.29, 0.717) is 47.3 Å². The van der Waals surface area contributed by atoms with Crippen LogP contribution in [-0.2, 0) is 0 Å². The second-order valence-corrected chi connectivity index (χ2v) is 13.0. The summed E-state index contributed by atoms with van der Waals surface area (Å²) in [5.41, 5.74) is 0.243. The van der Waals surface area contributed by atoms with Crippen molar-refractivity contribution in [3.05, 3.63) is 0 Å². The molecular weight excluding hydrogens is 372 g/mol. The maximum atomic E-state index is 11.0. The van der Waals surface area contributed by atoms with Crippen molar-refractivity contribution in [1.29, 1.82) is 0 Å². The van der Waals surface area contributed by atoms with E-state index >= 15 is 0 Å². The molecule has 3 aliphatic rings. The zero-order valence-electron chi connectivity index (χ0n) is 20.6. The lowest BCUT2D eigenvalue weighted by Crippen LogP contribution is -2.48. The summed E-state index contributed by atoms with van der Waals surface area (Å²) in [4.78, 5) is 0. The summed E-state index contributed by atoms with van der Waals surface area (Å²) in [6.07, 6.45) is 8.56. The molecule has 30 heavy (non-hydrogen) atoms. The summed E-state index contributed by atoms with van der Waals surface area (Å²) >= 11 is 0. The molecule has 176 valence electrons. The summed E-state index contributed by atoms with van der Waals surface area (Å²) < 4.78 is 0. The number of hydrogen-bond acceptors (Lipinski definition) is 3. The highest BCUT2D eigenvalue weighted by Crippen LogP contribution is 2.54. The van der Waals surface area contributed by atoms with E-state index in [4.69, 9.17) is 0 Å². The maximum Gasteiger partial charge on any atom is 0.0545 e. The van der Waals surface area contributed by atoms with E-state index < -0.39 is 0 Å². The SMILES string of the molecule is CC1CC(O)CC(CC2CC(O)CC(C3CC(O)CCC3C(C)(C)C)C2C(C)C)C1. The molecule has 3 rings (SSSR count). The third-order valence-electron chi connectivity index (χ3n) is 9.11. The first kappa shape index (κ1) is 24.5. The lowest BCUT2D eigenvalue weighted by Gasteiger charge is -2.53. The van der Waals surface area contributed by atoms with Crippen LogP contribution in [0.15, 0.2) is 0 Å². The number of hydrogen-bond donors (Lipinski definition) is 3. The minimum atomic E-state index is -0.208. The predicted molar refractivity (Wildman–Crippen MR) is 124 cm³/mol. The molecule has 0 spiro atoms. The summed E-state index contributed by atoms with van der Waals surface area (Å²) in [6.45, 7) is 14.2. The second-order valence-electron chi connectivity index (χ2n) is 13.0. The van der Waals surface area contributed by atoms with Gasteiger partial charge in [-0.2, -0.15) is 0 Å². The number of aliphatic hydroxyl groups excluding tert-OH is 3. The Morgan fingerprint density at radius 3 is 2.00 bits per heavy atom. The fourth-order valence-corrected chi connectivity index (χ4v) is 8.23. The highest BCUT2D eigenvalue weighted by Gasteiger charge is 2.48. The van der Waals surface area contributed by atoms with Crippen LogP contribution in [-0.4, -0.2) is 33.6 Å². The largest absolute Gasteiger partial charge is 0.393 e. The van der Waals surface area contributed by atoms with Crippen LogP contribution in [0.5, 0.6) is 0 Å². The van der Waals surface area contributed by atoms with Crippen LogP contribution in [0.4, 0.5) is 0 Å². The van der Waals surface area contributed by atoms with Crippen molar-refractivity contribution in [3.63, 3.8) is 0 Å². The zero-order chi connectivity index (χ0) is 22.2. The molecule has 0 amide bonds. The van der Waals surface area contributed by atoms with Crippen molar-refractivity contribution in [2.24, 2.45) is 52.8 Å². The third kappa shape index (κ3) is 5.81. The van der Waals surface area contributed by atoms with Crippen molar-refractivity contribution in [3.8, 4) is 0 Å². The van der Waals surface area contributed by atoms with Gasteiger partial charge in [-0.25, -0.2) is 0 Å². The van der Waals surface area contributed by atoms with Gasteiger partial charge in [0.15, 0.2) is 0 Å². The van der Waals surface area contributed by atoms with Crippen molar-refractivity contribution < 1.29 is 15.3 Å². The number of rotatable bonds is 4. The molecule has 3 saturated carbocycles. The quantitative estimate of drug-likeness (QED) is 0.548. The average molecular weight is 423 g/mol.